The van der Waals surface area contributed by atoms with Crippen LogP contribution in [0.5, 0.6) is 5.75 Å². The average Bonchev–Trinajstić information content (AvgIpc) is 3.20. The molecule has 0 spiro atoms. The smallest absolute Gasteiger partial charge is 0.244 e. The molecule has 1 N–H and O–H groups in total. The first-order chi connectivity index (χ1) is 15.5. The summed E-state index contributed by atoms with van der Waals surface area (Å²) < 4.78 is 8.00. The lowest BCUT2D eigenvalue weighted by Gasteiger charge is -2.36. The van der Waals surface area contributed by atoms with E-state index in [1.165, 1.54) is 12.5 Å². The highest BCUT2D eigenvalue weighted by molar-refractivity contribution is 14.1. The molecule has 32 heavy (non-hydrogen) atoms. The van der Waals surface area contributed by atoms with Crippen LogP contribution in [0.15, 0.2) is 36.5 Å². The third kappa shape index (κ3) is 4.79. The molecule has 3 heterocycles. The first-order valence-electron chi connectivity index (χ1n) is 10.3. The lowest BCUT2D eigenvalue weighted by molar-refractivity contribution is -0.132. The average molecular weight is 548 g/mol. The fourth-order valence-electron chi connectivity index (χ4n) is 3.80. The number of amides is 2. The lowest BCUT2D eigenvalue weighted by atomic mass is 10.1. The molecule has 0 atom stereocenters. The van der Waals surface area contributed by atoms with Crippen LogP contribution in [0.4, 0.5) is 11.5 Å². The van der Waals surface area contributed by atoms with Crippen LogP contribution in [-0.2, 0) is 20.6 Å². The molecule has 1 aromatic carbocycles. The molecule has 2 aromatic heterocycles. The fourth-order valence-corrected chi connectivity index (χ4v) is 4.43. The quantitative estimate of drug-likeness (QED) is 0.377. The molecule has 9 nitrogen and oxygen atoms in total. The van der Waals surface area contributed by atoms with Crippen LogP contribution >= 0.6 is 22.6 Å². The summed E-state index contributed by atoms with van der Waals surface area (Å²) >= 11 is 2.33. The van der Waals surface area contributed by atoms with E-state index in [-0.39, 0.29) is 18.4 Å². The maximum Gasteiger partial charge on any atom is 0.244 e. The molecule has 10 heteroatoms. The van der Waals surface area contributed by atoms with E-state index < -0.39 is 0 Å². The number of nitrogens with zero attached hydrogens (tertiary/aromatic N) is 5. The fraction of sp³-hybridized carbons (Fsp3) is 0.364. The van der Waals surface area contributed by atoms with Crippen LogP contribution in [-0.4, -0.2) is 64.8 Å². The Morgan fingerprint density at radius 1 is 1.16 bits per heavy atom. The molecule has 1 saturated heterocycles. The van der Waals surface area contributed by atoms with Crippen molar-refractivity contribution in [3.8, 4) is 5.75 Å². The van der Waals surface area contributed by atoms with Gasteiger partial charge in [-0.1, -0.05) is 28.7 Å². The van der Waals surface area contributed by atoms with E-state index in [0.717, 1.165) is 34.3 Å². The van der Waals surface area contributed by atoms with Gasteiger partial charge in [-0.05, 0) is 18.2 Å². The number of anilines is 2. The SMILES string of the molecule is COc1cc(N2CCN(C(=O)Cn3ncc4ccc(NC(C)=O)nc43)CC2)ccc1CI. The Morgan fingerprint density at radius 2 is 1.94 bits per heavy atom. The molecule has 2 amide bonds. The van der Waals surface area contributed by atoms with Crippen LogP contribution in [0.1, 0.15) is 12.5 Å². The molecular formula is C22H25IN6O3. The summed E-state index contributed by atoms with van der Waals surface area (Å²) in [5, 5.41) is 7.80. The van der Waals surface area contributed by atoms with Crippen LogP contribution in [0.25, 0.3) is 11.0 Å². The summed E-state index contributed by atoms with van der Waals surface area (Å²) in [6, 6.07) is 9.83. The summed E-state index contributed by atoms with van der Waals surface area (Å²) in [6.07, 6.45) is 1.68. The van der Waals surface area contributed by atoms with Gasteiger partial charge in [-0.25, -0.2) is 9.67 Å². The second kappa shape index (κ2) is 9.72. The van der Waals surface area contributed by atoms with Crippen molar-refractivity contribution >= 4 is 56.9 Å². The van der Waals surface area contributed by atoms with E-state index in [1.807, 2.05) is 11.0 Å². The highest BCUT2D eigenvalue weighted by Crippen LogP contribution is 2.28. The molecule has 1 fully saturated rings. The number of rotatable bonds is 6. The monoisotopic (exact) mass is 548 g/mol. The first kappa shape index (κ1) is 22.3. The van der Waals surface area contributed by atoms with Gasteiger partial charge in [0.2, 0.25) is 11.8 Å². The predicted octanol–water partition coefficient (Wildman–Crippen LogP) is 2.68. The van der Waals surface area contributed by atoms with Gasteiger partial charge in [-0.3, -0.25) is 9.59 Å². The summed E-state index contributed by atoms with van der Waals surface area (Å²) in [7, 11) is 1.69. The van der Waals surface area contributed by atoms with Crippen molar-refractivity contribution in [3.63, 3.8) is 0 Å². The van der Waals surface area contributed by atoms with Crippen molar-refractivity contribution in [3.05, 3.63) is 42.1 Å². The number of methoxy groups -OCH3 is 1. The molecule has 0 radical (unpaired) electrons. The number of hydrogen-bond acceptors (Lipinski definition) is 6. The maximum absolute atomic E-state index is 12.9. The number of ether oxygens (including phenoxy) is 1. The predicted molar refractivity (Wildman–Crippen MR) is 131 cm³/mol. The Labute approximate surface area is 199 Å². The molecule has 0 bridgehead atoms. The molecule has 1 aliphatic rings. The van der Waals surface area contributed by atoms with Gasteiger partial charge in [-0.15, -0.1) is 0 Å². The van der Waals surface area contributed by atoms with E-state index in [0.29, 0.717) is 24.6 Å². The van der Waals surface area contributed by atoms with Crippen LogP contribution in [0.2, 0.25) is 0 Å². The Morgan fingerprint density at radius 3 is 2.62 bits per heavy atom. The minimum atomic E-state index is -0.196. The Hall–Kier alpha value is -2.89. The van der Waals surface area contributed by atoms with E-state index >= 15 is 0 Å². The topological polar surface area (TPSA) is 92.6 Å². The molecule has 4 rings (SSSR count). The third-order valence-electron chi connectivity index (χ3n) is 5.49. The molecule has 0 saturated carbocycles. The van der Waals surface area contributed by atoms with Crippen molar-refractivity contribution in [2.75, 3.05) is 43.5 Å². The van der Waals surface area contributed by atoms with E-state index in [2.05, 4.69) is 61.1 Å². The van der Waals surface area contributed by atoms with Crippen molar-refractivity contribution < 1.29 is 14.3 Å². The molecule has 0 aliphatic carbocycles. The van der Waals surface area contributed by atoms with E-state index in [1.54, 1.807) is 24.1 Å². The van der Waals surface area contributed by atoms with Crippen LogP contribution < -0.4 is 15.0 Å². The first-order valence-corrected chi connectivity index (χ1v) is 11.9. The third-order valence-corrected chi connectivity index (χ3v) is 6.31. The van der Waals surface area contributed by atoms with Gasteiger partial charge in [0.15, 0.2) is 5.65 Å². The summed E-state index contributed by atoms with van der Waals surface area (Å²) in [5.74, 6) is 1.14. The van der Waals surface area contributed by atoms with Crippen molar-refractivity contribution in [2.24, 2.45) is 0 Å². The molecule has 0 unspecified atom stereocenters. The number of aromatic nitrogens is 3. The number of hydrogen-bond donors (Lipinski definition) is 1. The normalized spacial score (nSPS) is 14.0. The minimum Gasteiger partial charge on any atom is -0.496 e. The number of carbonyl (C=O) groups excluding carboxylic acids is 2. The largest absolute Gasteiger partial charge is 0.496 e. The Balaban J connectivity index is 1.40. The number of benzene rings is 1. The summed E-state index contributed by atoms with van der Waals surface area (Å²) in [6.45, 7) is 4.32. The van der Waals surface area contributed by atoms with Crippen molar-refractivity contribution in [2.45, 2.75) is 17.9 Å². The van der Waals surface area contributed by atoms with Crippen molar-refractivity contribution in [1.82, 2.24) is 19.7 Å². The standard InChI is InChI=1S/C22H25IN6O3/c1-15(30)25-20-6-4-17-13-24-29(22(17)26-20)14-21(31)28-9-7-27(8-10-28)18-5-3-16(12-23)19(11-18)32-2/h3-6,11,13H,7-10,12,14H2,1-2H3,(H,25,26,30). The second-order valence-electron chi connectivity index (χ2n) is 7.59. The molecule has 168 valence electrons. The van der Waals surface area contributed by atoms with Crippen LogP contribution in [0, 0.1) is 0 Å². The van der Waals surface area contributed by atoms with Gasteiger partial charge in [0, 0.05) is 60.2 Å². The van der Waals surface area contributed by atoms with Gasteiger partial charge >= 0.3 is 0 Å². The van der Waals surface area contributed by atoms with Crippen molar-refractivity contribution in [1.29, 1.82) is 0 Å². The molecule has 3 aromatic rings. The zero-order valence-corrected chi connectivity index (χ0v) is 20.2. The number of halogens is 1. The van der Waals surface area contributed by atoms with E-state index in [9.17, 15) is 9.59 Å². The summed E-state index contributed by atoms with van der Waals surface area (Å²) in [4.78, 5) is 32.8. The summed E-state index contributed by atoms with van der Waals surface area (Å²) in [5.41, 5.74) is 2.85. The highest BCUT2D eigenvalue weighted by Gasteiger charge is 2.23. The van der Waals surface area contributed by atoms with Gasteiger partial charge in [0.1, 0.15) is 18.1 Å². The second-order valence-corrected chi connectivity index (χ2v) is 8.35. The number of carbonyl (C=O) groups is 2. The molecular weight excluding hydrogens is 523 g/mol. The van der Waals surface area contributed by atoms with Gasteiger partial charge < -0.3 is 19.9 Å². The number of piperazine rings is 1. The van der Waals surface area contributed by atoms with Gasteiger partial charge in [0.25, 0.3) is 0 Å². The number of fused-ring (bicyclic) bond motifs is 1. The number of pyridine rings is 1. The Kier molecular flexibility index (Phi) is 6.77. The maximum atomic E-state index is 12.9. The highest BCUT2D eigenvalue weighted by atomic mass is 127. The Bertz CT molecular complexity index is 1140. The van der Waals surface area contributed by atoms with Gasteiger partial charge in [-0.2, -0.15) is 5.10 Å². The van der Waals surface area contributed by atoms with Gasteiger partial charge in [0.05, 0.1) is 13.3 Å². The number of nitrogens with one attached hydrogen (secondary N) is 1. The minimum absolute atomic E-state index is 0.000722. The van der Waals surface area contributed by atoms with Crippen LogP contribution in [0.3, 0.4) is 0 Å². The zero-order valence-electron chi connectivity index (χ0n) is 18.0. The number of alkyl halides is 1. The van der Waals surface area contributed by atoms with E-state index in [4.69, 9.17) is 4.74 Å². The molecule has 1 aliphatic heterocycles. The lowest BCUT2D eigenvalue weighted by Crippen LogP contribution is -2.49. The zero-order chi connectivity index (χ0) is 22.7.